The number of hydrogen-bond donors (Lipinski definition) is 2. The number of alkyl halides is 3. The van der Waals surface area contributed by atoms with Crippen LogP contribution in [0.3, 0.4) is 0 Å². The van der Waals surface area contributed by atoms with Crippen molar-refractivity contribution in [3.8, 4) is 0 Å². The summed E-state index contributed by atoms with van der Waals surface area (Å²) in [7, 11) is 0. The lowest BCUT2D eigenvalue weighted by Gasteiger charge is -2.23. The molecule has 2 unspecified atom stereocenters. The van der Waals surface area contributed by atoms with Crippen molar-refractivity contribution in [1.29, 1.82) is 0 Å². The number of halogens is 3. The Morgan fingerprint density at radius 1 is 1.50 bits per heavy atom. The summed E-state index contributed by atoms with van der Waals surface area (Å²) in [5, 5.41) is 8.68. The highest BCUT2D eigenvalue weighted by Gasteiger charge is 2.31. The van der Waals surface area contributed by atoms with Gasteiger partial charge in [-0.05, 0) is 13.8 Å². The van der Waals surface area contributed by atoms with Crippen molar-refractivity contribution in [2.45, 2.75) is 44.5 Å². The minimum atomic E-state index is -4.27. The molecule has 0 aliphatic carbocycles. The number of carboxylic acids is 1. The quantitative estimate of drug-likeness (QED) is 0.742. The average Bonchev–Trinajstić information content (AvgIpc) is 1.99. The second-order valence-corrected chi connectivity index (χ2v) is 3.97. The van der Waals surface area contributed by atoms with Gasteiger partial charge in [-0.3, -0.25) is 4.79 Å². The number of carboxylic acid groups (broad SMARTS) is 1. The Bertz CT molecular complexity index is 241. The first-order valence-electron chi connectivity index (χ1n) is 4.75. The Kier molecular flexibility index (Phi) is 5.21. The second-order valence-electron chi connectivity index (χ2n) is 3.97. The Balaban J connectivity index is 3.92. The number of carbonyl (C=O) groups is 1. The molecule has 16 heavy (non-hydrogen) atoms. The summed E-state index contributed by atoms with van der Waals surface area (Å²) in [6, 6.07) is 0. The number of rotatable bonds is 6. The molecule has 0 aliphatic rings. The number of ether oxygens (including phenoxy) is 1. The van der Waals surface area contributed by atoms with Crippen LogP contribution < -0.4 is 5.73 Å². The molecule has 0 aromatic carbocycles. The van der Waals surface area contributed by atoms with E-state index in [0.717, 1.165) is 0 Å². The zero-order chi connectivity index (χ0) is 13.0. The molecular weight excluding hydrogens is 227 g/mol. The van der Waals surface area contributed by atoms with Crippen LogP contribution in [0, 0.1) is 0 Å². The van der Waals surface area contributed by atoms with E-state index in [4.69, 9.17) is 15.6 Å². The smallest absolute Gasteiger partial charge is 0.391 e. The number of nitrogens with two attached hydrogens (primary N) is 1. The third-order valence-corrected chi connectivity index (χ3v) is 1.99. The molecular formula is C9H16F3NO3. The van der Waals surface area contributed by atoms with Gasteiger partial charge in [0.2, 0.25) is 0 Å². The number of aliphatic carboxylic acids is 1. The van der Waals surface area contributed by atoms with Crippen molar-refractivity contribution in [3.63, 3.8) is 0 Å². The van der Waals surface area contributed by atoms with Crippen molar-refractivity contribution < 1.29 is 27.8 Å². The van der Waals surface area contributed by atoms with Crippen molar-refractivity contribution in [3.05, 3.63) is 0 Å². The Hall–Kier alpha value is -0.820. The van der Waals surface area contributed by atoms with Crippen LogP contribution in [-0.4, -0.2) is 35.5 Å². The summed E-state index contributed by atoms with van der Waals surface area (Å²) < 4.78 is 40.2. The van der Waals surface area contributed by atoms with Gasteiger partial charge >= 0.3 is 12.1 Å². The molecule has 7 heteroatoms. The van der Waals surface area contributed by atoms with Gasteiger partial charge in [0, 0.05) is 6.42 Å². The Labute approximate surface area is 91.6 Å². The molecule has 0 spiro atoms. The lowest BCUT2D eigenvalue weighted by atomic mass is 9.96. The molecule has 96 valence electrons. The van der Waals surface area contributed by atoms with E-state index in [9.17, 15) is 18.0 Å². The zero-order valence-corrected chi connectivity index (χ0v) is 9.17. The van der Waals surface area contributed by atoms with Gasteiger partial charge < -0.3 is 15.6 Å². The van der Waals surface area contributed by atoms with Crippen LogP contribution >= 0.6 is 0 Å². The van der Waals surface area contributed by atoms with Crippen LogP contribution in [0.15, 0.2) is 0 Å². The standard InChI is InChI=1S/C9H16F3NO3/c1-6(5-8(2,13)7(14)15)16-4-3-9(10,11)12/h6H,3-5,13H2,1-2H3,(H,14,15). The maximum atomic E-state index is 11.8. The summed E-state index contributed by atoms with van der Waals surface area (Å²) in [5.74, 6) is -1.21. The molecule has 0 heterocycles. The first kappa shape index (κ1) is 15.2. The predicted molar refractivity (Wildman–Crippen MR) is 50.9 cm³/mol. The van der Waals surface area contributed by atoms with Gasteiger partial charge in [-0.2, -0.15) is 13.2 Å². The molecule has 0 radical (unpaired) electrons. The van der Waals surface area contributed by atoms with Crippen molar-refractivity contribution in [1.82, 2.24) is 0 Å². The molecule has 0 fully saturated rings. The Morgan fingerprint density at radius 2 is 2.00 bits per heavy atom. The van der Waals surface area contributed by atoms with E-state index in [1.165, 1.54) is 13.8 Å². The molecule has 0 saturated carbocycles. The molecule has 2 atom stereocenters. The highest BCUT2D eigenvalue weighted by atomic mass is 19.4. The normalized spacial score (nSPS) is 17.9. The highest BCUT2D eigenvalue weighted by molar-refractivity contribution is 5.77. The van der Waals surface area contributed by atoms with Crippen LogP contribution in [0.5, 0.6) is 0 Å². The summed E-state index contributed by atoms with van der Waals surface area (Å²) in [6.07, 6.45) is -5.99. The van der Waals surface area contributed by atoms with E-state index in [-0.39, 0.29) is 6.42 Å². The first-order chi connectivity index (χ1) is 7.04. The van der Waals surface area contributed by atoms with Crippen LogP contribution in [0.25, 0.3) is 0 Å². The van der Waals surface area contributed by atoms with E-state index >= 15 is 0 Å². The highest BCUT2D eigenvalue weighted by Crippen LogP contribution is 2.20. The molecule has 0 aromatic rings. The second kappa shape index (κ2) is 5.49. The fourth-order valence-corrected chi connectivity index (χ4v) is 1.12. The van der Waals surface area contributed by atoms with Crippen molar-refractivity contribution >= 4 is 5.97 Å². The van der Waals surface area contributed by atoms with Gasteiger partial charge in [0.05, 0.1) is 19.1 Å². The monoisotopic (exact) mass is 243 g/mol. The molecule has 3 N–H and O–H groups in total. The van der Waals surface area contributed by atoms with Gasteiger partial charge in [0.25, 0.3) is 0 Å². The summed E-state index contributed by atoms with van der Waals surface area (Å²) in [6.45, 7) is 2.30. The first-order valence-corrected chi connectivity index (χ1v) is 4.75. The van der Waals surface area contributed by atoms with Gasteiger partial charge in [-0.15, -0.1) is 0 Å². The summed E-state index contributed by atoms with van der Waals surface area (Å²) >= 11 is 0. The van der Waals surface area contributed by atoms with E-state index in [2.05, 4.69) is 0 Å². The van der Waals surface area contributed by atoms with Crippen molar-refractivity contribution in [2.24, 2.45) is 5.73 Å². The van der Waals surface area contributed by atoms with Gasteiger partial charge in [-0.25, -0.2) is 0 Å². The number of hydrogen-bond acceptors (Lipinski definition) is 3. The maximum Gasteiger partial charge on any atom is 0.391 e. The topological polar surface area (TPSA) is 72.6 Å². The average molecular weight is 243 g/mol. The molecule has 0 aliphatic heterocycles. The summed E-state index contributed by atoms with van der Waals surface area (Å²) in [4.78, 5) is 10.6. The molecule has 4 nitrogen and oxygen atoms in total. The van der Waals surface area contributed by atoms with Crippen LogP contribution in [0.4, 0.5) is 13.2 Å². The predicted octanol–water partition coefficient (Wildman–Crippen LogP) is 1.54. The molecule has 0 amide bonds. The third-order valence-electron chi connectivity index (χ3n) is 1.99. The van der Waals surface area contributed by atoms with Gasteiger partial charge in [0.1, 0.15) is 5.54 Å². The minimum absolute atomic E-state index is 0.0415. The fraction of sp³-hybridized carbons (Fsp3) is 0.889. The van der Waals surface area contributed by atoms with Gasteiger partial charge in [-0.1, -0.05) is 0 Å². The Morgan fingerprint density at radius 3 is 2.38 bits per heavy atom. The van der Waals surface area contributed by atoms with E-state index in [1.807, 2.05) is 0 Å². The van der Waals surface area contributed by atoms with Crippen molar-refractivity contribution in [2.75, 3.05) is 6.61 Å². The molecule has 0 aromatic heterocycles. The molecule has 0 saturated heterocycles. The lowest BCUT2D eigenvalue weighted by Crippen LogP contribution is -2.47. The van der Waals surface area contributed by atoms with E-state index in [0.29, 0.717) is 0 Å². The SMILES string of the molecule is CC(CC(C)(N)C(=O)O)OCCC(F)(F)F. The maximum absolute atomic E-state index is 11.8. The summed E-state index contributed by atoms with van der Waals surface area (Å²) in [5.41, 5.74) is 3.93. The molecule has 0 rings (SSSR count). The van der Waals surface area contributed by atoms with Crippen LogP contribution in [-0.2, 0) is 9.53 Å². The zero-order valence-electron chi connectivity index (χ0n) is 9.17. The van der Waals surface area contributed by atoms with E-state index < -0.39 is 36.8 Å². The van der Waals surface area contributed by atoms with Crippen LogP contribution in [0.2, 0.25) is 0 Å². The minimum Gasteiger partial charge on any atom is -0.480 e. The van der Waals surface area contributed by atoms with E-state index in [1.54, 1.807) is 0 Å². The van der Waals surface area contributed by atoms with Gasteiger partial charge in [0.15, 0.2) is 0 Å². The third kappa shape index (κ3) is 6.62. The fourth-order valence-electron chi connectivity index (χ4n) is 1.12. The molecule has 0 bridgehead atoms. The largest absolute Gasteiger partial charge is 0.480 e. The lowest BCUT2D eigenvalue weighted by molar-refractivity contribution is -0.152. The van der Waals surface area contributed by atoms with Crippen LogP contribution in [0.1, 0.15) is 26.7 Å².